The molecule has 6 heteroatoms. The van der Waals surface area contributed by atoms with Gasteiger partial charge >= 0.3 is 0 Å². The zero-order chi connectivity index (χ0) is 40.0. The zero-order valence-electron chi connectivity index (χ0n) is 32.8. The summed E-state index contributed by atoms with van der Waals surface area (Å²) >= 11 is 0. The lowest BCUT2D eigenvalue weighted by atomic mass is 9.75. The number of nitrogens with zero attached hydrogens (tertiary/aromatic N) is 3. The molecular weight excluding hydrogens is 739 g/mol. The molecule has 6 nitrogen and oxygen atoms in total. The van der Waals surface area contributed by atoms with Crippen LogP contribution in [0.4, 0.5) is 0 Å². The number of para-hydroxylation sites is 2. The van der Waals surface area contributed by atoms with Gasteiger partial charge in [0, 0.05) is 54.8 Å². The van der Waals surface area contributed by atoms with E-state index in [1.54, 1.807) is 0 Å². The lowest BCUT2D eigenvalue weighted by Crippen LogP contribution is -2.24. The van der Waals surface area contributed by atoms with Crippen LogP contribution in [0, 0.1) is 0 Å². The molecule has 8 aromatic carbocycles. The van der Waals surface area contributed by atoms with Crippen molar-refractivity contribution in [2.24, 2.45) is 0 Å². The molecule has 0 atom stereocenters. The maximum atomic E-state index is 6.53. The van der Waals surface area contributed by atoms with E-state index in [2.05, 4.69) is 117 Å². The molecule has 0 amide bonds. The summed E-state index contributed by atoms with van der Waals surface area (Å²) in [4.78, 5) is 15.3. The van der Waals surface area contributed by atoms with Crippen LogP contribution in [-0.4, -0.2) is 15.0 Å². The summed E-state index contributed by atoms with van der Waals surface area (Å²) < 4.78 is 19.3. The van der Waals surface area contributed by atoms with Crippen molar-refractivity contribution in [3.8, 4) is 67.9 Å². The van der Waals surface area contributed by atoms with Crippen LogP contribution < -0.4 is 4.74 Å². The fraction of sp³-hybridized carbons (Fsp3) is 0.0556. The third-order valence-corrected chi connectivity index (χ3v) is 12.0. The van der Waals surface area contributed by atoms with Gasteiger partial charge in [0.15, 0.2) is 17.5 Å². The maximum absolute atomic E-state index is 6.53. The van der Waals surface area contributed by atoms with Crippen LogP contribution in [0.5, 0.6) is 11.5 Å². The lowest BCUT2D eigenvalue weighted by molar-refractivity contribution is 0.418. The van der Waals surface area contributed by atoms with Gasteiger partial charge in [0.1, 0.15) is 33.8 Å². The first-order chi connectivity index (χ1) is 29.4. The molecule has 0 saturated heterocycles. The summed E-state index contributed by atoms with van der Waals surface area (Å²) in [6.45, 7) is 4.52. The molecule has 0 unspecified atom stereocenters. The third-order valence-electron chi connectivity index (χ3n) is 12.0. The molecule has 0 saturated carbocycles. The number of fused-ring (bicyclic) bond motifs is 8. The van der Waals surface area contributed by atoms with Crippen molar-refractivity contribution in [1.29, 1.82) is 0 Å². The first-order valence-corrected chi connectivity index (χ1v) is 20.2. The number of ether oxygens (including phenoxy) is 1. The minimum atomic E-state index is -0.167. The van der Waals surface area contributed by atoms with Crippen LogP contribution in [0.2, 0.25) is 0 Å². The molecule has 0 spiro atoms. The van der Waals surface area contributed by atoms with Crippen molar-refractivity contribution >= 4 is 43.9 Å². The van der Waals surface area contributed by atoms with Gasteiger partial charge in [-0.25, -0.2) is 15.0 Å². The predicted molar refractivity (Wildman–Crippen MR) is 240 cm³/mol. The number of aromatic nitrogens is 3. The highest BCUT2D eigenvalue weighted by Crippen LogP contribution is 2.49. The Labute approximate surface area is 345 Å². The molecule has 4 heterocycles. The third kappa shape index (κ3) is 5.52. The molecule has 284 valence electrons. The molecule has 12 rings (SSSR count). The molecule has 3 aromatic heterocycles. The minimum absolute atomic E-state index is 0.167. The SMILES string of the molecule is CC1(C)c2ccccc2Oc2cc(-c3ccc4oc5cc(-c6nc(-c7cccc(-c8ccccc8)c7)nc(-c7ccc8c(c7)oc7ccccc78)n6)ccc5c4c3)ccc21. The second-order valence-corrected chi connectivity index (χ2v) is 16.0. The summed E-state index contributed by atoms with van der Waals surface area (Å²) in [5, 5.41) is 4.17. The Kier molecular flexibility index (Phi) is 7.47. The average Bonchev–Trinajstić information content (AvgIpc) is 3.86. The Bertz CT molecular complexity index is 3510. The first-order valence-electron chi connectivity index (χ1n) is 20.2. The van der Waals surface area contributed by atoms with Gasteiger partial charge in [0.2, 0.25) is 0 Å². The van der Waals surface area contributed by atoms with Crippen molar-refractivity contribution in [2.45, 2.75) is 19.3 Å². The van der Waals surface area contributed by atoms with Crippen LogP contribution in [0.1, 0.15) is 25.0 Å². The van der Waals surface area contributed by atoms with Gasteiger partial charge in [0.05, 0.1) is 0 Å². The topological polar surface area (TPSA) is 74.2 Å². The summed E-state index contributed by atoms with van der Waals surface area (Å²) in [5.74, 6) is 3.47. The number of hydrogen-bond acceptors (Lipinski definition) is 6. The van der Waals surface area contributed by atoms with Gasteiger partial charge in [-0.2, -0.15) is 0 Å². The van der Waals surface area contributed by atoms with Crippen molar-refractivity contribution in [3.63, 3.8) is 0 Å². The van der Waals surface area contributed by atoms with E-state index in [1.165, 1.54) is 11.1 Å². The summed E-state index contributed by atoms with van der Waals surface area (Å²) in [6, 6.07) is 60.4. The molecule has 0 radical (unpaired) electrons. The molecule has 0 aliphatic carbocycles. The fourth-order valence-corrected chi connectivity index (χ4v) is 8.83. The predicted octanol–water partition coefficient (Wildman–Crippen LogP) is 14.4. The normalized spacial score (nSPS) is 13.1. The highest BCUT2D eigenvalue weighted by molar-refractivity contribution is 6.08. The van der Waals surface area contributed by atoms with E-state index >= 15 is 0 Å². The van der Waals surface area contributed by atoms with Crippen LogP contribution >= 0.6 is 0 Å². The Hall–Kier alpha value is -7.83. The van der Waals surface area contributed by atoms with E-state index in [0.717, 1.165) is 94.3 Å². The van der Waals surface area contributed by atoms with Crippen molar-refractivity contribution < 1.29 is 13.6 Å². The van der Waals surface area contributed by atoms with E-state index in [9.17, 15) is 0 Å². The lowest BCUT2D eigenvalue weighted by Gasteiger charge is -2.34. The van der Waals surface area contributed by atoms with Crippen LogP contribution in [-0.2, 0) is 5.41 Å². The Balaban J connectivity index is 0.956. The maximum Gasteiger partial charge on any atom is 0.164 e. The summed E-state index contributed by atoms with van der Waals surface area (Å²) in [7, 11) is 0. The molecular formula is C54H35N3O3. The smallest absolute Gasteiger partial charge is 0.164 e. The van der Waals surface area contributed by atoms with E-state index in [1.807, 2.05) is 72.8 Å². The Morgan fingerprint density at radius 3 is 1.62 bits per heavy atom. The number of furan rings is 2. The Morgan fingerprint density at radius 1 is 0.333 bits per heavy atom. The van der Waals surface area contributed by atoms with Gasteiger partial charge in [0.25, 0.3) is 0 Å². The molecule has 0 N–H and O–H groups in total. The van der Waals surface area contributed by atoms with Gasteiger partial charge in [-0.3, -0.25) is 0 Å². The van der Waals surface area contributed by atoms with Gasteiger partial charge in [-0.1, -0.05) is 129 Å². The standard InChI is InChI=1S/C54H35N3O3/c1-54(2)43-16-7-9-18-47(43)60-50-29-35(21-25-44(50)54)34-22-26-46-42(28-34)41-24-20-38(31-49(41)59-46)53-56-51(36-14-10-13-33(27-36)32-11-4-3-5-12-32)55-52(57-53)37-19-23-40-39-15-6-8-17-45(39)58-48(40)30-37/h3-31H,1-2H3. The number of hydrogen-bond donors (Lipinski definition) is 0. The Morgan fingerprint density at radius 2 is 0.850 bits per heavy atom. The van der Waals surface area contributed by atoms with Crippen LogP contribution in [0.15, 0.2) is 185 Å². The molecule has 1 aliphatic heterocycles. The number of benzene rings is 8. The van der Waals surface area contributed by atoms with E-state index in [0.29, 0.717) is 17.5 Å². The van der Waals surface area contributed by atoms with E-state index in [4.69, 9.17) is 28.5 Å². The van der Waals surface area contributed by atoms with E-state index < -0.39 is 0 Å². The first kappa shape index (κ1) is 34.2. The summed E-state index contributed by atoms with van der Waals surface area (Å²) in [5.41, 5.74) is 12.3. The second kappa shape index (κ2) is 13.1. The van der Waals surface area contributed by atoms with Crippen molar-refractivity contribution in [2.75, 3.05) is 0 Å². The van der Waals surface area contributed by atoms with Crippen molar-refractivity contribution in [3.05, 3.63) is 187 Å². The van der Waals surface area contributed by atoms with Crippen LogP contribution in [0.25, 0.3) is 100 Å². The zero-order valence-corrected chi connectivity index (χ0v) is 32.8. The van der Waals surface area contributed by atoms with Crippen LogP contribution in [0.3, 0.4) is 0 Å². The largest absolute Gasteiger partial charge is 0.457 e. The molecule has 0 fully saturated rings. The van der Waals surface area contributed by atoms with E-state index in [-0.39, 0.29) is 5.41 Å². The molecule has 11 aromatic rings. The average molecular weight is 774 g/mol. The van der Waals surface area contributed by atoms with Gasteiger partial charge in [-0.15, -0.1) is 0 Å². The number of rotatable bonds is 5. The van der Waals surface area contributed by atoms with Crippen molar-refractivity contribution in [1.82, 2.24) is 15.0 Å². The molecule has 1 aliphatic rings. The molecule has 60 heavy (non-hydrogen) atoms. The highest BCUT2D eigenvalue weighted by atomic mass is 16.5. The fourth-order valence-electron chi connectivity index (χ4n) is 8.83. The quantitative estimate of drug-likeness (QED) is 0.173. The monoisotopic (exact) mass is 773 g/mol. The summed E-state index contributed by atoms with van der Waals surface area (Å²) in [6.07, 6.45) is 0. The minimum Gasteiger partial charge on any atom is -0.457 e. The second-order valence-electron chi connectivity index (χ2n) is 16.0. The highest BCUT2D eigenvalue weighted by Gasteiger charge is 2.34. The molecule has 0 bridgehead atoms. The van der Waals surface area contributed by atoms with Gasteiger partial charge in [-0.05, 0) is 82.9 Å². The van der Waals surface area contributed by atoms with Gasteiger partial charge < -0.3 is 13.6 Å².